The van der Waals surface area contributed by atoms with Crippen LogP contribution in [0, 0.1) is 6.92 Å². The Kier molecular flexibility index (Phi) is 5.15. The number of carbonyl (C=O) groups excluding carboxylic acids is 1. The largest absolute Gasteiger partial charge is 0.354 e. The molecule has 1 N–H and O–H groups in total. The average molecular weight is 388 g/mol. The van der Waals surface area contributed by atoms with Crippen molar-refractivity contribution < 1.29 is 4.79 Å². The summed E-state index contributed by atoms with van der Waals surface area (Å²) in [6.45, 7) is 2.35. The van der Waals surface area contributed by atoms with Crippen LogP contribution in [0.2, 0.25) is 0 Å². The standard InChI is InChI=1S/C21H20N6O2/c1-15-6-5-9-17(12-15)27-20-19(24-25-27)21(29)26(14-23-20)13-18(28)22-11-10-16-7-3-2-4-8-16/h2-9,12,14H,10-11,13H2,1H3,(H,22,28). The zero-order valence-corrected chi connectivity index (χ0v) is 15.9. The molecule has 8 heteroatoms. The van der Waals surface area contributed by atoms with Crippen molar-refractivity contribution in [3.63, 3.8) is 0 Å². The molecule has 8 nitrogen and oxygen atoms in total. The molecule has 0 fully saturated rings. The van der Waals surface area contributed by atoms with Crippen molar-refractivity contribution >= 4 is 17.1 Å². The van der Waals surface area contributed by atoms with Crippen LogP contribution in [-0.4, -0.2) is 37.0 Å². The third-order valence-corrected chi connectivity index (χ3v) is 4.57. The molecule has 29 heavy (non-hydrogen) atoms. The number of benzene rings is 2. The second kappa shape index (κ2) is 8.05. The van der Waals surface area contributed by atoms with Gasteiger partial charge in [-0.15, -0.1) is 5.10 Å². The molecular weight excluding hydrogens is 368 g/mol. The van der Waals surface area contributed by atoms with E-state index in [4.69, 9.17) is 0 Å². The normalized spacial score (nSPS) is 10.9. The Balaban J connectivity index is 1.48. The minimum Gasteiger partial charge on any atom is -0.354 e. The van der Waals surface area contributed by atoms with Gasteiger partial charge in [0.25, 0.3) is 5.56 Å². The molecule has 2 aromatic heterocycles. The first-order valence-corrected chi connectivity index (χ1v) is 9.30. The summed E-state index contributed by atoms with van der Waals surface area (Å²) in [6, 6.07) is 17.6. The lowest BCUT2D eigenvalue weighted by molar-refractivity contribution is -0.121. The monoisotopic (exact) mass is 388 g/mol. The van der Waals surface area contributed by atoms with E-state index in [0.29, 0.717) is 12.2 Å². The number of nitrogens with one attached hydrogen (secondary N) is 1. The van der Waals surface area contributed by atoms with Gasteiger partial charge in [0.2, 0.25) is 5.91 Å². The number of carbonyl (C=O) groups is 1. The number of hydrogen-bond acceptors (Lipinski definition) is 5. The number of fused-ring (bicyclic) bond motifs is 1. The first-order chi connectivity index (χ1) is 14.1. The van der Waals surface area contributed by atoms with Crippen LogP contribution in [0.3, 0.4) is 0 Å². The van der Waals surface area contributed by atoms with Gasteiger partial charge in [0, 0.05) is 6.54 Å². The number of amides is 1. The van der Waals surface area contributed by atoms with Gasteiger partial charge in [-0.05, 0) is 36.6 Å². The van der Waals surface area contributed by atoms with Crippen LogP contribution in [0.5, 0.6) is 0 Å². The van der Waals surface area contributed by atoms with Crippen LogP contribution >= 0.6 is 0 Å². The molecule has 4 aromatic rings. The highest BCUT2D eigenvalue weighted by Crippen LogP contribution is 2.13. The highest BCUT2D eigenvalue weighted by atomic mass is 16.2. The van der Waals surface area contributed by atoms with Crippen molar-refractivity contribution in [2.45, 2.75) is 19.9 Å². The first kappa shape index (κ1) is 18.5. The van der Waals surface area contributed by atoms with Crippen LogP contribution in [0.25, 0.3) is 16.9 Å². The van der Waals surface area contributed by atoms with Crippen molar-refractivity contribution in [1.82, 2.24) is 29.9 Å². The fraction of sp³-hybridized carbons (Fsp3) is 0.190. The van der Waals surface area contributed by atoms with E-state index in [1.165, 1.54) is 15.6 Å². The molecule has 0 aliphatic heterocycles. The van der Waals surface area contributed by atoms with Gasteiger partial charge in [-0.3, -0.25) is 14.2 Å². The maximum atomic E-state index is 12.7. The van der Waals surface area contributed by atoms with Gasteiger partial charge in [0.15, 0.2) is 11.2 Å². The molecule has 0 atom stereocenters. The van der Waals surface area contributed by atoms with Gasteiger partial charge in [-0.2, -0.15) is 4.68 Å². The molecule has 2 aromatic carbocycles. The van der Waals surface area contributed by atoms with Gasteiger partial charge in [-0.25, -0.2) is 4.98 Å². The Morgan fingerprint density at radius 1 is 1.10 bits per heavy atom. The molecular formula is C21H20N6O2. The van der Waals surface area contributed by atoms with Crippen molar-refractivity contribution in [2.24, 2.45) is 0 Å². The third kappa shape index (κ3) is 4.06. The maximum Gasteiger partial charge on any atom is 0.284 e. The van der Waals surface area contributed by atoms with Crippen LogP contribution in [0.15, 0.2) is 65.7 Å². The highest BCUT2D eigenvalue weighted by molar-refractivity contribution is 5.76. The molecule has 0 aliphatic rings. The summed E-state index contributed by atoms with van der Waals surface area (Å²) in [4.78, 5) is 29.2. The Morgan fingerprint density at radius 3 is 2.72 bits per heavy atom. The SMILES string of the molecule is Cc1cccc(-n2nnc3c(=O)n(CC(=O)NCCc4ccccc4)cnc32)c1. The van der Waals surface area contributed by atoms with E-state index in [2.05, 4.69) is 20.6 Å². The summed E-state index contributed by atoms with van der Waals surface area (Å²) in [5, 5.41) is 10.9. The second-order valence-corrected chi connectivity index (χ2v) is 6.78. The Bertz CT molecular complexity index is 1210. The van der Waals surface area contributed by atoms with E-state index in [0.717, 1.165) is 23.2 Å². The molecule has 0 saturated heterocycles. The fourth-order valence-electron chi connectivity index (χ4n) is 3.09. The van der Waals surface area contributed by atoms with Gasteiger partial charge in [0.05, 0.1) is 5.69 Å². The highest BCUT2D eigenvalue weighted by Gasteiger charge is 2.14. The summed E-state index contributed by atoms with van der Waals surface area (Å²) in [5.74, 6) is -0.254. The van der Waals surface area contributed by atoms with E-state index >= 15 is 0 Å². The van der Waals surface area contributed by atoms with E-state index in [1.807, 2.05) is 61.5 Å². The Hall–Kier alpha value is -3.81. The van der Waals surface area contributed by atoms with E-state index in [9.17, 15) is 9.59 Å². The number of rotatable bonds is 6. The molecule has 0 radical (unpaired) electrons. The topological polar surface area (TPSA) is 94.7 Å². The molecule has 2 heterocycles. The van der Waals surface area contributed by atoms with Crippen molar-refractivity contribution in [1.29, 1.82) is 0 Å². The van der Waals surface area contributed by atoms with E-state index in [1.54, 1.807) is 0 Å². The predicted molar refractivity (Wildman–Crippen MR) is 109 cm³/mol. The Labute approximate surface area is 166 Å². The summed E-state index contributed by atoms with van der Waals surface area (Å²) in [5.41, 5.74) is 3.07. The zero-order valence-electron chi connectivity index (χ0n) is 15.9. The van der Waals surface area contributed by atoms with Gasteiger partial charge < -0.3 is 5.32 Å². The van der Waals surface area contributed by atoms with Crippen LogP contribution in [0.4, 0.5) is 0 Å². The molecule has 0 bridgehead atoms. The molecule has 4 rings (SSSR count). The fourth-order valence-corrected chi connectivity index (χ4v) is 3.09. The number of hydrogen-bond donors (Lipinski definition) is 1. The minimum atomic E-state index is -0.396. The molecule has 1 amide bonds. The quantitative estimate of drug-likeness (QED) is 0.542. The summed E-state index contributed by atoms with van der Waals surface area (Å²) >= 11 is 0. The lowest BCUT2D eigenvalue weighted by Crippen LogP contribution is -2.33. The average Bonchev–Trinajstić information content (AvgIpc) is 3.16. The van der Waals surface area contributed by atoms with Crippen LogP contribution in [-0.2, 0) is 17.8 Å². The first-order valence-electron chi connectivity index (χ1n) is 9.30. The molecule has 0 unspecified atom stereocenters. The summed E-state index contributed by atoms with van der Waals surface area (Å²) < 4.78 is 2.77. The van der Waals surface area contributed by atoms with Gasteiger partial charge in [-0.1, -0.05) is 47.7 Å². The van der Waals surface area contributed by atoms with Crippen molar-refractivity contribution in [3.05, 3.63) is 82.4 Å². The molecule has 0 spiro atoms. The Morgan fingerprint density at radius 2 is 1.93 bits per heavy atom. The predicted octanol–water partition coefficient (Wildman–Crippen LogP) is 1.64. The number of aryl methyl sites for hydroxylation is 1. The zero-order chi connectivity index (χ0) is 20.2. The van der Waals surface area contributed by atoms with Crippen molar-refractivity contribution in [3.8, 4) is 5.69 Å². The maximum absolute atomic E-state index is 12.7. The summed E-state index contributed by atoms with van der Waals surface area (Å²) in [7, 11) is 0. The van der Waals surface area contributed by atoms with Crippen molar-refractivity contribution in [2.75, 3.05) is 6.54 Å². The van der Waals surface area contributed by atoms with E-state index in [-0.39, 0.29) is 18.0 Å². The lowest BCUT2D eigenvalue weighted by atomic mass is 10.1. The van der Waals surface area contributed by atoms with Gasteiger partial charge >= 0.3 is 0 Å². The second-order valence-electron chi connectivity index (χ2n) is 6.78. The molecule has 0 saturated carbocycles. The smallest absolute Gasteiger partial charge is 0.284 e. The van der Waals surface area contributed by atoms with Crippen LogP contribution in [0.1, 0.15) is 11.1 Å². The molecule has 0 aliphatic carbocycles. The summed E-state index contributed by atoms with van der Waals surface area (Å²) in [6.07, 6.45) is 2.08. The van der Waals surface area contributed by atoms with Crippen LogP contribution < -0.4 is 10.9 Å². The number of aromatic nitrogens is 5. The van der Waals surface area contributed by atoms with E-state index < -0.39 is 5.56 Å². The minimum absolute atomic E-state index is 0.117. The van der Waals surface area contributed by atoms with Gasteiger partial charge in [0.1, 0.15) is 12.9 Å². The number of nitrogens with zero attached hydrogens (tertiary/aromatic N) is 5. The third-order valence-electron chi connectivity index (χ3n) is 4.57. The molecule has 146 valence electrons. The lowest BCUT2D eigenvalue weighted by Gasteiger charge is -2.07.